The van der Waals surface area contributed by atoms with Crippen molar-refractivity contribution in [3.8, 4) is 11.5 Å². The maximum atomic E-state index is 12.2. The third-order valence-electron chi connectivity index (χ3n) is 4.50. The highest BCUT2D eigenvalue weighted by molar-refractivity contribution is 5.95. The summed E-state index contributed by atoms with van der Waals surface area (Å²) in [4.78, 5) is 24.1. The number of esters is 1. The van der Waals surface area contributed by atoms with Crippen LogP contribution in [0.25, 0.3) is 11.5 Å². The second-order valence-corrected chi connectivity index (χ2v) is 8.00. The third kappa shape index (κ3) is 5.14. The zero-order valence-electron chi connectivity index (χ0n) is 17.7. The molecule has 0 saturated heterocycles. The summed E-state index contributed by atoms with van der Waals surface area (Å²) in [6, 6.07) is 9.08. The fourth-order valence-electron chi connectivity index (χ4n) is 2.83. The molecule has 3 aromatic rings. The number of hydrogen-bond donors (Lipinski definition) is 1. The summed E-state index contributed by atoms with van der Waals surface area (Å²) in [5.41, 5.74) is 2.30. The van der Waals surface area contributed by atoms with E-state index in [0.29, 0.717) is 22.8 Å². The number of amides is 1. The van der Waals surface area contributed by atoms with Gasteiger partial charge in [0.2, 0.25) is 0 Å². The molecule has 2 heterocycles. The van der Waals surface area contributed by atoms with Gasteiger partial charge in [-0.05, 0) is 43.0 Å². The van der Waals surface area contributed by atoms with Crippen LogP contribution in [0.3, 0.4) is 0 Å². The van der Waals surface area contributed by atoms with Gasteiger partial charge in [-0.3, -0.25) is 9.59 Å². The van der Waals surface area contributed by atoms with E-state index in [2.05, 4.69) is 36.3 Å². The topological polar surface area (TPSA) is 107 Å². The van der Waals surface area contributed by atoms with E-state index in [1.807, 2.05) is 19.1 Å². The van der Waals surface area contributed by atoms with Crippen LogP contribution >= 0.6 is 0 Å². The van der Waals surface area contributed by atoms with Crippen molar-refractivity contribution in [2.24, 2.45) is 0 Å². The van der Waals surface area contributed by atoms with E-state index in [4.69, 9.17) is 13.6 Å². The van der Waals surface area contributed by atoms with Crippen LogP contribution in [0.4, 0.5) is 0 Å². The molecule has 30 heavy (non-hydrogen) atoms. The normalized spacial score (nSPS) is 11.4. The summed E-state index contributed by atoms with van der Waals surface area (Å²) in [5.74, 6) is 0.890. The number of nitrogens with one attached hydrogen (secondary N) is 1. The minimum absolute atomic E-state index is 0.00254. The van der Waals surface area contributed by atoms with E-state index in [1.165, 1.54) is 0 Å². The van der Waals surface area contributed by atoms with E-state index < -0.39 is 5.97 Å². The van der Waals surface area contributed by atoms with Crippen molar-refractivity contribution < 1.29 is 23.2 Å². The molecular formula is C22H25N3O5. The number of furan rings is 1. The molecule has 0 bridgehead atoms. The number of carbonyl (C=O) groups is 2. The number of ether oxygens (including phenoxy) is 1. The lowest BCUT2D eigenvalue weighted by atomic mass is 9.87. The fourth-order valence-corrected chi connectivity index (χ4v) is 2.83. The quantitative estimate of drug-likeness (QED) is 0.616. The van der Waals surface area contributed by atoms with Crippen LogP contribution in [0.1, 0.15) is 54.1 Å². The van der Waals surface area contributed by atoms with Gasteiger partial charge in [0.15, 0.2) is 6.61 Å². The van der Waals surface area contributed by atoms with Crippen LogP contribution in [-0.2, 0) is 21.6 Å². The Morgan fingerprint density at radius 2 is 1.77 bits per heavy atom. The van der Waals surface area contributed by atoms with Crippen LogP contribution in [0.15, 0.2) is 39.2 Å². The van der Waals surface area contributed by atoms with Crippen molar-refractivity contribution in [2.75, 3.05) is 6.54 Å². The summed E-state index contributed by atoms with van der Waals surface area (Å²) in [6.45, 7) is 9.47. The van der Waals surface area contributed by atoms with Gasteiger partial charge in [-0.1, -0.05) is 32.9 Å². The molecule has 0 aliphatic carbocycles. The van der Waals surface area contributed by atoms with Gasteiger partial charge in [0, 0.05) is 5.56 Å². The Hall–Kier alpha value is -3.42. The van der Waals surface area contributed by atoms with Crippen LogP contribution in [0.2, 0.25) is 0 Å². The first-order valence-corrected chi connectivity index (χ1v) is 9.57. The Morgan fingerprint density at radius 3 is 2.37 bits per heavy atom. The molecule has 0 atom stereocenters. The molecule has 158 valence electrons. The van der Waals surface area contributed by atoms with Crippen LogP contribution in [0.5, 0.6) is 0 Å². The van der Waals surface area contributed by atoms with E-state index >= 15 is 0 Å². The molecule has 0 saturated carbocycles. The van der Waals surface area contributed by atoms with Gasteiger partial charge in [-0.25, -0.2) is 0 Å². The molecular weight excluding hydrogens is 386 g/mol. The second-order valence-electron chi connectivity index (χ2n) is 8.00. The molecule has 0 aliphatic rings. The van der Waals surface area contributed by atoms with Crippen LogP contribution in [0, 0.1) is 13.8 Å². The molecule has 2 aromatic heterocycles. The molecule has 0 fully saturated rings. The van der Waals surface area contributed by atoms with Gasteiger partial charge in [-0.15, -0.1) is 10.2 Å². The molecule has 1 aromatic carbocycles. The van der Waals surface area contributed by atoms with E-state index in [-0.39, 0.29) is 30.4 Å². The van der Waals surface area contributed by atoms with Crippen molar-refractivity contribution >= 4 is 11.9 Å². The summed E-state index contributed by atoms with van der Waals surface area (Å²) in [7, 11) is 0. The summed E-state index contributed by atoms with van der Waals surface area (Å²) in [5, 5.41) is 10.3. The van der Waals surface area contributed by atoms with Gasteiger partial charge in [0.25, 0.3) is 17.7 Å². The first kappa shape index (κ1) is 21.3. The smallest absolute Gasteiger partial charge is 0.325 e. The molecule has 1 N–H and O–H groups in total. The molecule has 0 unspecified atom stereocenters. The molecule has 8 heteroatoms. The standard InChI is InChI=1S/C22H25N3O5/c1-13-10-17(14(2)29-13)21-25-24-18(30-21)12-28-19(26)11-23-20(27)15-6-8-16(9-7-15)22(3,4)5/h6-10H,11-12H2,1-5H3,(H,23,27). The number of nitrogens with zero attached hydrogens (tertiary/aromatic N) is 2. The van der Waals surface area contributed by atoms with Gasteiger partial charge in [-0.2, -0.15) is 0 Å². The molecule has 8 nitrogen and oxygen atoms in total. The lowest BCUT2D eigenvalue weighted by Gasteiger charge is -2.19. The minimum Gasteiger partial charge on any atom is -0.466 e. The van der Waals surface area contributed by atoms with Gasteiger partial charge in [0.1, 0.15) is 18.1 Å². The Labute approximate surface area is 174 Å². The number of benzene rings is 1. The van der Waals surface area contributed by atoms with Crippen molar-refractivity contribution in [1.82, 2.24) is 15.5 Å². The van der Waals surface area contributed by atoms with Gasteiger partial charge in [0.05, 0.1) is 5.56 Å². The highest BCUT2D eigenvalue weighted by Crippen LogP contribution is 2.25. The second kappa shape index (κ2) is 8.52. The first-order chi connectivity index (χ1) is 14.1. The summed E-state index contributed by atoms with van der Waals surface area (Å²) < 4.78 is 16.0. The number of carbonyl (C=O) groups excluding carboxylic acids is 2. The Bertz CT molecular complexity index is 1040. The summed E-state index contributed by atoms with van der Waals surface area (Å²) >= 11 is 0. The zero-order chi connectivity index (χ0) is 21.9. The molecule has 0 radical (unpaired) electrons. The zero-order valence-corrected chi connectivity index (χ0v) is 17.7. The number of aryl methyl sites for hydroxylation is 2. The van der Waals surface area contributed by atoms with Crippen LogP contribution in [-0.4, -0.2) is 28.6 Å². The Balaban J connectivity index is 1.48. The molecule has 3 rings (SSSR count). The lowest BCUT2D eigenvalue weighted by molar-refractivity contribution is -0.144. The van der Waals surface area contributed by atoms with Gasteiger partial charge < -0.3 is 18.9 Å². The first-order valence-electron chi connectivity index (χ1n) is 9.57. The Morgan fingerprint density at radius 1 is 1.07 bits per heavy atom. The Kier molecular flexibility index (Phi) is 6.05. The van der Waals surface area contributed by atoms with E-state index in [9.17, 15) is 9.59 Å². The lowest BCUT2D eigenvalue weighted by Crippen LogP contribution is -2.30. The number of aromatic nitrogens is 2. The predicted octanol–water partition coefficient (Wildman–Crippen LogP) is 3.72. The predicted molar refractivity (Wildman–Crippen MR) is 109 cm³/mol. The van der Waals surface area contributed by atoms with Crippen LogP contribution < -0.4 is 5.32 Å². The molecule has 0 spiro atoms. The van der Waals surface area contributed by atoms with Crippen molar-refractivity contribution in [3.05, 3.63) is 58.9 Å². The van der Waals surface area contributed by atoms with E-state index in [0.717, 1.165) is 11.3 Å². The maximum absolute atomic E-state index is 12.2. The number of rotatable bonds is 6. The highest BCUT2D eigenvalue weighted by Gasteiger charge is 2.17. The highest BCUT2D eigenvalue weighted by atomic mass is 16.5. The number of hydrogen-bond acceptors (Lipinski definition) is 7. The maximum Gasteiger partial charge on any atom is 0.325 e. The van der Waals surface area contributed by atoms with Crippen molar-refractivity contribution in [2.45, 2.75) is 46.6 Å². The third-order valence-corrected chi connectivity index (χ3v) is 4.50. The van der Waals surface area contributed by atoms with Crippen molar-refractivity contribution in [1.29, 1.82) is 0 Å². The average molecular weight is 411 g/mol. The monoisotopic (exact) mass is 411 g/mol. The van der Waals surface area contributed by atoms with Crippen molar-refractivity contribution in [3.63, 3.8) is 0 Å². The summed E-state index contributed by atoms with van der Waals surface area (Å²) in [6.07, 6.45) is 0. The SMILES string of the molecule is Cc1cc(-c2nnc(COC(=O)CNC(=O)c3ccc(C(C)(C)C)cc3)o2)c(C)o1. The van der Waals surface area contributed by atoms with E-state index in [1.54, 1.807) is 25.1 Å². The fraction of sp³-hybridized carbons (Fsp3) is 0.364. The molecule has 0 aliphatic heterocycles. The minimum atomic E-state index is -0.607. The van der Waals surface area contributed by atoms with Gasteiger partial charge >= 0.3 is 5.97 Å². The average Bonchev–Trinajstić information content (AvgIpc) is 3.29. The molecule has 1 amide bonds. The largest absolute Gasteiger partial charge is 0.466 e.